The molecule has 0 aromatic heterocycles. The van der Waals surface area contributed by atoms with Gasteiger partial charge >= 0.3 is 5.97 Å². The van der Waals surface area contributed by atoms with Gasteiger partial charge in [-0.05, 0) is 26.2 Å². The van der Waals surface area contributed by atoms with Crippen LogP contribution in [0.25, 0.3) is 0 Å². The van der Waals surface area contributed by atoms with Crippen molar-refractivity contribution in [2.24, 2.45) is 5.92 Å². The van der Waals surface area contributed by atoms with Gasteiger partial charge < -0.3 is 14.2 Å². The highest BCUT2D eigenvalue weighted by molar-refractivity contribution is 5.70. The maximum atomic E-state index is 11.0. The number of esters is 1. The number of hydrogen-bond acceptors (Lipinski definition) is 4. The summed E-state index contributed by atoms with van der Waals surface area (Å²) in [5.41, 5.74) is 0. The van der Waals surface area contributed by atoms with Gasteiger partial charge in [-0.15, -0.1) is 0 Å². The molecular formula is C12H24O4. The number of ether oxygens (including phenoxy) is 3. The zero-order chi connectivity index (χ0) is 12.4. The van der Waals surface area contributed by atoms with Gasteiger partial charge in [0.05, 0.1) is 19.3 Å². The van der Waals surface area contributed by atoms with Crippen LogP contribution in [0.2, 0.25) is 0 Å². The van der Waals surface area contributed by atoms with E-state index in [2.05, 4.69) is 13.8 Å². The highest BCUT2D eigenvalue weighted by Crippen LogP contribution is 1.98. The highest BCUT2D eigenvalue weighted by Gasteiger charge is 2.04. The summed E-state index contributed by atoms with van der Waals surface area (Å²) in [4.78, 5) is 11.0. The Morgan fingerprint density at radius 1 is 1.00 bits per heavy atom. The minimum absolute atomic E-state index is 0.00568. The number of hydrogen-bond donors (Lipinski definition) is 0. The van der Waals surface area contributed by atoms with Crippen LogP contribution in [0.1, 0.15) is 34.1 Å². The van der Waals surface area contributed by atoms with Gasteiger partial charge in [0, 0.05) is 6.61 Å². The first kappa shape index (κ1) is 15.4. The van der Waals surface area contributed by atoms with Crippen molar-refractivity contribution in [3.05, 3.63) is 0 Å². The lowest BCUT2D eigenvalue weighted by molar-refractivity contribution is -0.153. The molecule has 0 N–H and O–H groups in total. The van der Waals surface area contributed by atoms with Gasteiger partial charge in [-0.3, -0.25) is 0 Å². The first-order chi connectivity index (χ1) is 7.52. The predicted molar refractivity (Wildman–Crippen MR) is 62.3 cm³/mol. The summed E-state index contributed by atoms with van der Waals surface area (Å²) in [5, 5.41) is 0. The van der Waals surface area contributed by atoms with Gasteiger partial charge in [0.2, 0.25) is 0 Å². The van der Waals surface area contributed by atoms with Crippen LogP contribution in [-0.4, -0.2) is 38.5 Å². The highest BCUT2D eigenvalue weighted by atomic mass is 16.6. The Hall–Kier alpha value is -0.610. The summed E-state index contributed by atoms with van der Waals surface area (Å²) in [5.74, 6) is 0.333. The van der Waals surface area contributed by atoms with E-state index in [4.69, 9.17) is 14.2 Å². The van der Waals surface area contributed by atoms with Crippen molar-refractivity contribution in [1.82, 2.24) is 0 Å². The number of carbonyl (C=O) groups is 1. The van der Waals surface area contributed by atoms with Crippen molar-refractivity contribution in [3.8, 4) is 0 Å². The van der Waals surface area contributed by atoms with E-state index >= 15 is 0 Å². The average Bonchev–Trinajstić information content (AvgIpc) is 2.14. The van der Waals surface area contributed by atoms with Gasteiger partial charge in [-0.1, -0.05) is 13.8 Å². The minimum atomic E-state index is -0.322. The molecule has 0 radical (unpaired) electrons. The lowest BCUT2D eigenvalue weighted by Gasteiger charge is -2.09. The average molecular weight is 232 g/mol. The van der Waals surface area contributed by atoms with Crippen LogP contribution < -0.4 is 0 Å². The van der Waals surface area contributed by atoms with E-state index in [1.165, 1.54) is 0 Å². The molecule has 0 spiro atoms. The summed E-state index contributed by atoms with van der Waals surface area (Å²) in [7, 11) is 0. The molecule has 16 heavy (non-hydrogen) atoms. The molecule has 0 aliphatic carbocycles. The van der Waals surface area contributed by atoms with Crippen molar-refractivity contribution in [3.63, 3.8) is 0 Å². The van der Waals surface area contributed by atoms with Crippen molar-refractivity contribution < 1.29 is 19.0 Å². The molecule has 0 aliphatic heterocycles. The van der Waals surface area contributed by atoms with Crippen LogP contribution in [0, 0.1) is 5.92 Å². The molecule has 0 heterocycles. The van der Waals surface area contributed by atoms with E-state index in [1.54, 1.807) is 0 Å². The standard InChI is InChI=1S/C12H24O4/c1-10(2)5-6-14-7-8-15-9-12(13)16-11(3)4/h10-11H,5-9H2,1-4H3. The van der Waals surface area contributed by atoms with Crippen molar-refractivity contribution in [2.75, 3.05) is 26.4 Å². The van der Waals surface area contributed by atoms with E-state index in [0.29, 0.717) is 19.1 Å². The summed E-state index contributed by atoms with van der Waals surface area (Å²) in [6, 6.07) is 0. The first-order valence-electron chi connectivity index (χ1n) is 5.87. The number of carbonyl (C=O) groups excluding carboxylic acids is 1. The SMILES string of the molecule is CC(C)CCOCCOCC(=O)OC(C)C. The third kappa shape index (κ3) is 11.5. The Balaban J connectivity index is 3.18. The second-order valence-corrected chi connectivity index (χ2v) is 4.39. The molecule has 0 amide bonds. The van der Waals surface area contributed by atoms with Crippen molar-refractivity contribution in [1.29, 1.82) is 0 Å². The van der Waals surface area contributed by atoms with Gasteiger partial charge in [-0.25, -0.2) is 4.79 Å². The third-order valence-electron chi connectivity index (χ3n) is 1.80. The fourth-order valence-corrected chi connectivity index (χ4v) is 0.991. The van der Waals surface area contributed by atoms with Crippen LogP contribution in [0.15, 0.2) is 0 Å². The summed E-state index contributed by atoms with van der Waals surface area (Å²) in [6.45, 7) is 9.65. The maximum Gasteiger partial charge on any atom is 0.332 e. The van der Waals surface area contributed by atoms with Crippen LogP contribution in [-0.2, 0) is 19.0 Å². The number of rotatable bonds is 9. The molecule has 4 nitrogen and oxygen atoms in total. The topological polar surface area (TPSA) is 44.8 Å². The summed E-state index contributed by atoms with van der Waals surface area (Å²) in [6.07, 6.45) is 0.966. The molecule has 0 atom stereocenters. The van der Waals surface area contributed by atoms with Gasteiger partial charge in [0.25, 0.3) is 0 Å². The Morgan fingerprint density at radius 2 is 1.62 bits per heavy atom. The molecule has 0 aliphatic rings. The van der Waals surface area contributed by atoms with Crippen LogP contribution in [0.3, 0.4) is 0 Å². The molecule has 96 valence electrons. The molecule has 0 fully saturated rings. The zero-order valence-corrected chi connectivity index (χ0v) is 10.8. The molecular weight excluding hydrogens is 208 g/mol. The smallest absolute Gasteiger partial charge is 0.332 e. The quantitative estimate of drug-likeness (QED) is 0.450. The first-order valence-corrected chi connectivity index (χ1v) is 5.87. The van der Waals surface area contributed by atoms with Crippen LogP contribution >= 0.6 is 0 Å². The fourth-order valence-electron chi connectivity index (χ4n) is 0.991. The van der Waals surface area contributed by atoms with E-state index in [9.17, 15) is 4.79 Å². The summed E-state index contributed by atoms with van der Waals surface area (Å²) < 4.78 is 15.3. The third-order valence-corrected chi connectivity index (χ3v) is 1.80. The van der Waals surface area contributed by atoms with Gasteiger partial charge in [0.1, 0.15) is 6.61 Å². The molecule has 0 rings (SSSR count). The molecule has 4 heteroatoms. The predicted octanol–water partition coefficient (Wildman–Crippen LogP) is 2.02. The van der Waals surface area contributed by atoms with E-state index < -0.39 is 0 Å². The molecule has 0 saturated carbocycles. The second-order valence-electron chi connectivity index (χ2n) is 4.39. The molecule has 0 bridgehead atoms. The van der Waals surface area contributed by atoms with Crippen LogP contribution in [0.5, 0.6) is 0 Å². The summed E-state index contributed by atoms with van der Waals surface area (Å²) >= 11 is 0. The van der Waals surface area contributed by atoms with Crippen molar-refractivity contribution in [2.45, 2.75) is 40.2 Å². The zero-order valence-electron chi connectivity index (χ0n) is 10.8. The fraction of sp³-hybridized carbons (Fsp3) is 0.917. The maximum absolute atomic E-state index is 11.0. The Bertz CT molecular complexity index is 178. The molecule has 0 aromatic carbocycles. The minimum Gasteiger partial charge on any atom is -0.461 e. The van der Waals surface area contributed by atoms with E-state index in [-0.39, 0.29) is 18.7 Å². The molecule has 0 aromatic rings. The lowest BCUT2D eigenvalue weighted by atomic mass is 10.1. The molecule has 0 saturated heterocycles. The largest absolute Gasteiger partial charge is 0.461 e. The lowest BCUT2D eigenvalue weighted by Crippen LogP contribution is -2.18. The van der Waals surface area contributed by atoms with Gasteiger partial charge in [-0.2, -0.15) is 0 Å². The molecule has 0 unspecified atom stereocenters. The Morgan fingerprint density at radius 3 is 2.19 bits per heavy atom. The van der Waals surface area contributed by atoms with E-state index in [1.807, 2.05) is 13.8 Å². The Labute approximate surface area is 98.3 Å². The Kier molecular flexibility index (Phi) is 9.24. The van der Waals surface area contributed by atoms with Crippen LogP contribution in [0.4, 0.5) is 0 Å². The van der Waals surface area contributed by atoms with Crippen molar-refractivity contribution >= 4 is 5.97 Å². The van der Waals surface area contributed by atoms with E-state index in [0.717, 1.165) is 13.0 Å². The normalized spacial score (nSPS) is 11.1. The van der Waals surface area contributed by atoms with Gasteiger partial charge in [0.15, 0.2) is 0 Å². The second kappa shape index (κ2) is 9.60. The monoisotopic (exact) mass is 232 g/mol.